The normalized spacial score (nSPS) is 23.6. The summed E-state index contributed by atoms with van der Waals surface area (Å²) in [6, 6.07) is 8.74. The molecular weight excluding hydrogens is 373 g/mol. The molecule has 2 aliphatic rings. The van der Waals surface area contributed by atoms with E-state index < -0.39 is 24.4 Å². The van der Waals surface area contributed by atoms with Crippen molar-refractivity contribution >= 4 is 20.1 Å². The number of carbonyl (C=O) groups excluding carboxylic acids is 1. The summed E-state index contributed by atoms with van der Waals surface area (Å²) in [6.45, 7) is 1.22. The fourth-order valence-electron chi connectivity index (χ4n) is 2.87. The van der Waals surface area contributed by atoms with Crippen LogP contribution >= 0.6 is 0 Å². The van der Waals surface area contributed by atoms with Gasteiger partial charge in [0, 0.05) is 0 Å². The second kappa shape index (κ2) is 7.99. The van der Waals surface area contributed by atoms with E-state index in [1.807, 2.05) is 0 Å². The molecule has 2 unspecified atom stereocenters. The van der Waals surface area contributed by atoms with Gasteiger partial charge in [-0.3, -0.25) is 0 Å². The minimum absolute atomic E-state index is 0.108. The minimum Gasteiger partial charge on any atom is -0.0620 e. The summed E-state index contributed by atoms with van der Waals surface area (Å²) in [5, 5.41) is 10.8. The van der Waals surface area contributed by atoms with Crippen LogP contribution in [0.25, 0.3) is 0 Å². The van der Waals surface area contributed by atoms with Gasteiger partial charge in [-0.15, -0.1) is 0 Å². The zero-order valence-corrected chi connectivity index (χ0v) is 15.4. The van der Waals surface area contributed by atoms with Crippen LogP contribution in [0.1, 0.15) is 30.9 Å². The monoisotopic (exact) mass is 395 g/mol. The molecule has 0 saturated heterocycles. The van der Waals surface area contributed by atoms with E-state index in [2.05, 4.69) is 33.5 Å². The van der Waals surface area contributed by atoms with Gasteiger partial charge in [0.15, 0.2) is 0 Å². The molecule has 0 radical (unpaired) electrons. The molecule has 2 aliphatic carbocycles. The molecule has 6 nitrogen and oxygen atoms in total. The number of fused-ring (bicyclic) bond motifs is 1. The van der Waals surface area contributed by atoms with Gasteiger partial charge in [0.2, 0.25) is 0 Å². The fourth-order valence-corrected chi connectivity index (χ4v) is 5.09. The maximum Gasteiger partial charge on any atom is -0.0273 e. The summed E-state index contributed by atoms with van der Waals surface area (Å²) < 4.78 is 23.3. The second-order valence-electron chi connectivity index (χ2n) is 5.82. The molecule has 1 aromatic carbocycles. The third kappa shape index (κ3) is 4.27. The quantitative estimate of drug-likeness (QED) is 0.413. The van der Waals surface area contributed by atoms with Crippen molar-refractivity contribution in [1.82, 2.24) is 5.32 Å². The first-order chi connectivity index (χ1) is 11.4. The number of hydrogen-bond acceptors (Lipinski definition) is 4. The first kappa shape index (κ1) is 18.7. The molecule has 2 atom stereocenters. The van der Waals surface area contributed by atoms with Crippen molar-refractivity contribution in [3.63, 3.8) is 0 Å². The standard InChI is InChI=1S/C9H10.C8H12AsNO5/c1-2-5-9-7-3-6-8(9)4-1;1-7(11)10-8(9(12,13)15-14)5-3-2-4-6-8/h1-2,4-5H,3,6-7H2;2-5,14H,6H2,1H3,(H,10,11)(H,12,13). The molecule has 1 aromatic rings. The number of amides is 1. The van der Waals surface area contributed by atoms with Gasteiger partial charge in [0.25, 0.3) is 0 Å². The Hall–Kier alpha value is -1.59. The Morgan fingerprint density at radius 2 is 1.88 bits per heavy atom. The molecule has 0 aliphatic heterocycles. The topological polar surface area (TPSA) is 95.9 Å². The fraction of sp³-hybridized carbons (Fsp3) is 0.353. The van der Waals surface area contributed by atoms with Gasteiger partial charge < -0.3 is 0 Å². The van der Waals surface area contributed by atoms with E-state index in [1.165, 1.54) is 38.3 Å². The maximum absolute atomic E-state index is 11.6. The van der Waals surface area contributed by atoms with Crippen LogP contribution in [0.4, 0.5) is 0 Å². The molecule has 0 bridgehead atoms. The third-order valence-corrected chi connectivity index (χ3v) is 7.58. The predicted molar refractivity (Wildman–Crippen MR) is 90.3 cm³/mol. The van der Waals surface area contributed by atoms with E-state index in [0.717, 1.165) is 0 Å². The van der Waals surface area contributed by atoms with Crippen molar-refractivity contribution in [2.75, 3.05) is 0 Å². The molecule has 0 spiro atoms. The first-order valence-corrected chi connectivity index (χ1v) is 11.1. The molecule has 0 heterocycles. The number of carbonyl (C=O) groups is 1. The van der Waals surface area contributed by atoms with E-state index in [0.29, 0.717) is 0 Å². The SMILES string of the molecule is CC(=O)NC1([As](=O)(O)OO)C=CC=CC1.c1ccc2c(c1)CCC2. The Morgan fingerprint density at radius 1 is 1.25 bits per heavy atom. The number of hydrogen-bond donors (Lipinski definition) is 3. The average molecular weight is 395 g/mol. The molecule has 1 amide bonds. The molecule has 0 saturated carbocycles. The molecule has 7 heteroatoms. The van der Waals surface area contributed by atoms with Crippen LogP contribution in [0.5, 0.6) is 0 Å². The third-order valence-electron chi connectivity index (χ3n) is 4.07. The van der Waals surface area contributed by atoms with Crippen LogP contribution in [0, 0.1) is 0 Å². The van der Waals surface area contributed by atoms with Crippen molar-refractivity contribution in [2.24, 2.45) is 0 Å². The van der Waals surface area contributed by atoms with Crippen molar-refractivity contribution < 1.29 is 21.8 Å². The van der Waals surface area contributed by atoms with Gasteiger partial charge in [0.05, 0.1) is 0 Å². The van der Waals surface area contributed by atoms with Crippen LogP contribution in [0.2, 0.25) is 0 Å². The van der Waals surface area contributed by atoms with E-state index in [1.54, 1.807) is 23.3 Å². The molecule has 3 rings (SSSR count). The van der Waals surface area contributed by atoms with Gasteiger partial charge >= 0.3 is 89.1 Å². The summed E-state index contributed by atoms with van der Waals surface area (Å²) in [5.74, 6) is -0.470. The van der Waals surface area contributed by atoms with Crippen molar-refractivity contribution in [1.29, 1.82) is 0 Å². The largest absolute Gasteiger partial charge is 0.0620 e. The van der Waals surface area contributed by atoms with Gasteiger partial charge in [-0.1, -0.05) is 24.3 Å². The van der Waals surface area contributed by atoms with Crippen LogP contribution in [-0.4, -0.2) is 33.8 Å². The minimum atomic E-state index is -5.02. The van der Waals surface area contributed by atoms with E-state index in [9.17, 15) is 12.6 Å². The number of aryl methyl sites for hydroxylation is 2. The van der Waals surface area contributed by atoms with Crippen molar-refractivity contribution in [3.05, 3.63) is 59.7 Å². The molecular formula is C17H22AsNO5. The van der Waals surface area contributed by atoms with Crippen molar-refractivity contribution in [3.8, 4) is 0 Å². The summed E-state index contributed by atoms with van der Waals surface area (Å²) >= 11 is -5.02. The smallest absolute Gasteiger partial charge is 0.0273 e. The number of rotatable bonds is 3. The van der Waals surface area contributed by atoms with Gasteiger partial charge in [-0.05, 0) is 30.4 Å². The van der Waals surface area contributed by atoms with E-state index in [4.69, 9.17) is 5.26 Å². The Kier molecular flexibility index (Phi) is 6.24. The van der Waals surface area contributed by atoms with Gasteiger partial charge in [0.1, 0.15) is 0 Å². The zero-order chi connectivity index (χ0) is 17.6. The first-order valence-electron chi connectivity index (χ1n) is 7.76. The van der Waals surface area contributed by atoms with Gasteiger partial charge in [-0.25, -0.2) is 0 Å². The van der Waals surface area contributed by atoms with Gasteiger partial charge in [-0.2, -0.15) is 0 Å². The van der Waals surface area contributed by atoms with Crippen LogP contribution in [0.3, 0.4) is 0 Å². The summed E-state index contributed by atoms with van der Waals surface area (Å²) in [6.07, 6.45) is 10.2. The number of benzene rings is 1. The van der Waals surface area contributed by atoms with Crippen LogP contribution in [-0.2, 0) is 25.3 Å². The molecule has 24 heavy (non-hydrogen) atoms. The average Bonchev–Trinajstić information content (AvgIpc) is 3.04. The molecule has 0 fully saturated rings. The van der Waals surface area contributed by atoms with Crippen LogP contribution in [0.15, 0.2) is 48.6 Å². The predicted octanol–water partition coefficient (Wildman–Crippen LogP) is 1.94. The molecule has 3 N–H and O–H groups in total. The second-order valence-corrected chi connectivity index (χ2v) is 10.0. The summed E-state index contributed by atoms with van der Waals surface area (Å²) in [7, 11) is 0. The Bertz CT molecular complexity index is 677. The Balaban J connectivity index is 0.000000194. The Labute approximate surface area is 144 Å². The summed E-state index contributed by atoms with van der Waals surface area (Å²) in [5.41, 5.74) is 3.13. The van der Waals surface area contributed by atoms with E-state index >= 15 is 0 Å². The van der Waals surface area contributed by atoms with Crippen molar-refractivity contribution in [2.45, 2.75) is 36.9 Å². The van der Waals surface area contributed by atoms with Crippen LogP contribution < -0.4 is 5.32 Å². The molecule has 130 valence electrons. The summed E-state index contributed by atoms with van der Waals surface area (Å²) in [4.78, 5) is 11.0. The number of allylic oxidation sites excluding steroid dienone is 2. The number of nitrogens with one attached hydrogen (secondary N) is 1. The van der Waals surface area contributed by atoms with E-state index in [-0.39, 0.29) is 6.42 Å². The zero-order valence-electron chi connectivity index (χ0n) is 13.5. The Morgan fingerprint density at radius 3 is 2.33 bits per heavy atom. The maximum atomic E-state index is 11.6. The molecule has 0 aromatic heterocycles.